The van der Waals surface area contributed by atoms with Crippen molar-refractivity contribution in [3.8, 4) is 0 Å². The lowest BCUT2D eigenvalue weighted by Gasteiger charge is -2.41. The zero-order valence-electron chi connectivity index (χ0n) is 13.6. The van der Waals surface area contributed by atoms with Gasteiger partial charge in [0.15, 0.2) is 0 Å². The van der Waals surface area contributed by atoms with Gasteiger partial charge in [0, 0.05) is 12.1 Å². The number of rotatable bonds is 3. The van der Waals surface area contributed by atoms with Crippen LogP contribution in [0.25, 0.3) is 0 Å². The molecule has 5 N–H and O–H groups in total. The largest absolute Gasteiger partial charge is 0.328 e. The van der Waals surface area contributed by atoms with Crippen molar-refractivity contribution in [1.29, 1.82) is 0 Å². The molecule has 0 aliphatic heterocycles. The van der Waals surface area contributed by atoms with Gasteiger partial charge in [0.1, 0.15) is 0 Å². The molecule has 122 valence electrons. The van der Waals surface area contributed by atoms with Crippen molar-refractivity contribution in [3.05, 3.63) is 0 Å². The van der Waals surface area contributed by atoms with E-state index in [1.165, 1.54) is 77.0 Å². The van der Waals surface area contributed by atoms with Crippen molar-refractivity contribution in [1.82, 2.24) is 5.43 Å². The standard InChI is InChI=1S/C18H35N3/c19-17-9-5-15(6-10-17)13-1-3-14(4-2-13)16-7-11-18(21-20)12-8-16/h13-18,21H,1-12,19-20H2. The van der Waals surface area contributed by atoms with Gasteiger partial charge in [0.2, 0.25) is 0 Å². The second-order valence-corrected chi connectivity index (χ2v) is 8.13. The van der Waals surface area contributed by atoms with Crippen molar-refractivity contribution in [2.24, 2.45) is 35.2 Å². The Kier molecular flexibility index (Phi) is 5.58. The van der Waals surface area contributed by atoms with Crippen molar-refractivity contribution < 1.29 is 0 Å². The van der Waals surface area contributed by atoms with E-state index >= 15 is 0 Å². The summed E-state index contributed by atoms with van der Waals surface area (Å²) in [6.45, 7) is 0. The van der Waals surface area contributed by atoms with Gasteiger partial charge in [-0.2, -0.15) is 0 Å². The van der Waals surface area contributed by atoms with Crippen LogP contribution < -0.4 is 17.0 Å². The molecule has 0 spiro atoms. The van der Waals surface area contributed by atoms with Gasteiger partial charge < -0.3 is 5.73 Å². The molecule has 3 heteroatoms. The highest BCUT2D eigenvalue weighted by Gasteiger charge is 2.34. The minimum absolute atomic E-state index is 0.504. The quantitative estimate of drug-likeness (QED) is 0.552. The molecule has 0 aromatic heterocycles. The molecule has 3 aliphatic carbocycles. The Hall–Kier alpha value is -0.120. The van der Waals surface area contributed by atoms with E-state index in [0.29, 0.717) is 12.1 Å². The Morgan fingerprint density at radius 1 is 0.524 bits per heavy atom. The molecule has 0 radical (unpaired) electrons. The SMILES string of the molecule is NNC1CCC(C2CCC(C3CCC(N)CC3)CC2)CC1. The minimum Gasteiger partial charge on any atom is -0.328 e. The van der Waals surface area contributed by atoms with Crippen LogP contribution in [0, 0.1) is 23.7 Å². The van der Waals surface area contributed by atoms with Crippen LogP contribution in [0.15, 0.2) is 0 Å². The van der Waals surface area contributed by atoms with Crippen LogP contribution in [0.1, 0.15) is 77.0 Å². The normalized spacial score (nSPS) is 45.4. The van der Waals surface area contributed by atoms with E-state index in [1.807, 2.05) is 0 Å². The third-order valence-electron chi connectivity index (χ3n) is 6.97. The fourth-order valence-electron chi connectivity index (χ4n) is 5.46. The van der Waals surface area contributed by atoms with E-state index in [4.69, 9.17) is 11.6 Å². The van der Waals surface area contributed by atoms with Crippen LogP contribution >= 0.6 is 0 Å². The highest BCUT2D eigenvalue weighted by Crippen LogP contribution is 2.44. The molecule has 0 atom stereocenters. The Balaban J connectivity index is 1.41. The Bertz CT molecular complexity index is 296. The van der Waals surface area contributed by atoms with Gasteiger partial charge in [-0.1, -0.05) is 0 Å². The summed E-state index contributed by atoms with van der Waals surface area (Å²) in [5, 5.41) is 0. The van der Waals surface area contributed by atoms with E-state index in [9.17, 15) is 0 Å². The zero-order valence-corrected chi connectivity index (χ0v) is 13.6. The Labute approximate surface area is 130 Å². The van der Waals surface area contributed by atoms with Gasteiger partial charge in [0.25, 0.3) is 0 Å². The predicted molar refractivity (Wildman–Crippen MR) is 88.5 cm³/mol. The highest BCUT2D eigenvalue weighted by atomic mass is 15.2. The Morgan fingerprint density at radius 2 is 0.857 bits per heavy atom. The molecule has 3 fully saturated rings. The summed E-state index contributed by atoms with van der Waals surface area (Å²) in [4.78, 5) is 0. The molecule has 3 saturated carbocycles. The summed E-state index contributed by atoms with van der Waals surface area (Å²) in [5.41, 5.74) is 9.03. The first-order valence-electron chi connectivity index (χ1n) is 9.48. The summed E-state index contributed by atoms with van der Waals surface area (Å²) in [5.74, 6) is 9.62. The molecule has 0 bridgehead atoms. The molecule has 0 aromatic carbocycles. The van der Waals surface area contributed by atoms with Crippen LogP contribution in [0.4, 0.5) is 0 Å². The predicted octanol–water partition coefficient (Wildman–Crippen LogP) is 3.33. The molecule has 3 nitrogen and oxygen atoms in total. The maximum absolute atomic E-state index is 6.05. The first kappa shape index (κ1) is 15.8. The molecule has 0 unspecified atom stereocenters. The molecule has 21 heavy (non-hydrogen) atoms. The van der Waals surface area contributed by atoms with Crippen LogP contribution in [-0.2, 0) is 0 Å². The minimum atomic E-state index is 0.504. The lowest BCUT2D eigenvalue weighted by atomic mass is 9.66. The average molecular weight is 293 g/mol. The van der Waals surface area contributed by atoms with Crippen LogP contribution in [0.2, 0.25) is 0 Å². The van der Waals surface area contributed by atoms with Crippen molar-refractivity contribution >= 4 is 0 Å². The van der Waals surface area contributed by atoms with Gasteiger partial charge in [0.05, 0.1) is 0 Å². The van der Waals surface area contributed by atoms with Gasteiger partial charge in [-0.15, -0.1) is 0 Å². The van der Waals surface area contributed by atoms with Gasteiger partial charge in [-0.25, -0.2) is 0 Å². The number of nitrogens with one attached hydrogen (secondary N) is 1. The van der Waals surface area contributed by atoms with E-state index < -0.39 is 0 Å². The lowest BCUT2D eigenvalue weighted by molar-refractivity contribution is 0.114. The number of hydrogen-bond donors (Lipinski definition) is 3. The van der Waals surface area contributed by atoms with E-state index in [0.717, 1.165) is 23.7 Å². The maximum Gasteiger partial charge on any atom is 0.0210 e. The second-order valence-electron chi connectivity index (χ2n) is 8.13. The molecule has 3 aliphatic rings. The summed E-state index contributed by atoms with van der Waals surface area (Å²) in [7, 11) is 0. The zero-order chi connectivity index (χ0) is 14.7. The molecular formula is C18H35N3. The summed E-state index contributed by atoms with van der Waals surface area (Å²) in [6, 6.07) is 1.09. The number of hydrogen-bond acceptors (Lipinski definition) is 3. The van der Waals surface area contributed by atoms with Crippen molar-refractivity contribution in [2.45, 2.75) is 89.1 Å². The first-order chi connectivity index (χ1) is 10.3. The van der Waals surface area contributed by atoms with E-state index in [2.05, 4.69) is 5.43 Å². The topological polar surface area (TPSA) is 64.1 Å². The van der Waals surface area contributed by atoms with Crippen LogP contribution in [0.5, 0.6) is 0 Å². The van der Waals surface area contributed by atoms with E-state index in [-0.39, 0.29) is 0 Å². The molecule has 0 aromatic rings. The summed E-state index contributed by atoms with van der Waals surface area (Å²) >= 11 is 0. The summed E-state index contributed by atoms with van der Waals surface area (Å²) < 4.78 is 0. The fraction of sp³-hybridized carbons (Fsp3) is 1.00. The Morgan fingerprint density at radius 3 is 1.24 bits per heavy atom. The van der Waals surface area contributed by atoms with Crippen molar-refractivity contribution in [2.75, 3.05) is 0 Å². The lowest BCUT2D eigenvalue weighted by Crippen LogP contribution is -2.39. The molecule has 0 heterocycles. The first-order valence-corrected chi connectivity index (χ1v) is 9.48. The monoisotopic (exact) mass is 293 g/mol. The second kappa shape index (κ2) is 7.43. The van der Waals surface area contributed by atoms with Gasteiger partial charge >= 0.3 is 0 Å². The third kappa shape index (κ3) is 4.00. The maximum atomic E-state index is 6.05. The third-order valence-corrected chi connectivity index (χ3v) is 6.97. The molecule has 0 saturated heterocycles. The van der Waals surface area contributed by atoms with Gasteiger partial charge in [-0.3, -0.25) is 11.3 Å². The number of nitrogens with two attached hydrogens (primary N) is 2. The number of hydrazine groups is 1. The average Bonchev–Trinajstić information content (AvgIpc) is 2.56. The smallest absolute Gasteiger partial charge is 0.0210 e. The molecule has 3 rings (SSSR count). The van der Waals surface area contributed by atoms with Gasteiger partial charge in [-0.05, 0) is 101 Å². The van der Waals surface area contributed by atoms with E-state index in [1.54, 1.807) is 0 Å². The van der Waals surface area contributed by atoms with Crippen molar-refractivity contribution in [3.63, 3.8) is 0 Å². The summed E-state index contributed by atoms with van der Waals surface area (Å²) in [6.07, 6.45) is 16.8. The fourth-order valence-corrected chi connectivity index (χ4v) is 5.46. The van der Waals surface area contributed by atoms with Crippen LogP contribution in [-0.4, -0.2) is 12.1 Å². The van der Waals surface area contributed by atoms with Crippen LogP contribution in [0.3, 0.4) is 0 Å². The molecule has 0 amide bonds. The highest BCUT2D eigenvalue weighted by molar-refractivity contribution is 4.86. The molecular weight excluding hydrogens is 258 g/mol.